The molecule has 0 radical (unpaired) electrons. The second-order valence-electron chi connectivity index (χ2n) is 7.48. The number of ether oxygens (including phenoxy) is 1. The zero-order valence-electron chi connectivity index (χ0n) is 16.6. The average molecular weight is 411 g/mol. The van der Waals surface area contributed by atoms with Crippen molar-refractivity contribution >= 4 is 40.8 Å². The molecule has 0 bridgehead atoms. The fourth-order valence-electron chi connectivity index (χ4n) is 3.45. The minimum absolute atomic E-state index is 0.0338. The maximum atomic E-state index is 12.0. The number of carbonyl (C=O) groups is 1. The van der Waals surface area contributed by atoms with Gasteiger partial charge in [0.15, 0.2) is 0 Å². The van der Waals surface area contributed by atoms with Gasteiger partial charge in [0, 0.05) is 46.8 Å². The summed E-state index contributed by atoms with van der Waals surface area (Å²) in [7, 11) is 1.95. The molecule has 2 aliphatic rings. The van der Waals surface area contributed by atoms with Crippen LogP contribution in [0.15, 0.2) is 46.9 Å². The van der Waals surface area contributed by atoms with Crippen molar-refractivity contribution in [3.63, 3.8) is 0 Å². The van der Waals surface area contributed by atoms with Crippen molar-refractivity contribution in [3.8, 4) is 5.75 Å². The van der Waals surface area contributed by atoms with Crippen molar-refractivity contribution in [2.24, 2.45) is 5.92 Å². The van der Waals surface area contributed by atoms with Gasteiger partial charge in [0.1, 0.15) is 5.75 Å². The lowest BCUT2D eigenvalue weighted by Gasteiger charge is -2.40. The van der Waals surface area contributed by atoms with Crippen molar-refractivity contribution in [1.82, 2.24) is 0 Å². The van der Waals surface area contributed by atoms with Crippen LogP contribution in [-0.4, -0.2) is 22.9 Å². The number of hydrogen-bond acceptors (Lipinski definition) is 6. The van der Waals surface area contributed by atoms with Crippen molar-refractivity contribution in [2.75, 3.05) is 17.3 Å². The van der Waals surface area contributed by atoms with E-state index in [0.717, 1.165) is 21.8 Å². The lowest BCUT2D eigenvalue weighted by Crippen LogP contribution is -2.48. The number of nitro groups is 1. The fourth-order valence-corrected chi connectivity index (χ4v) is 4.77. The molecule has 4 rings (SSSR count). The van der Waals surface area contributed by atoms with Gasteiger partial charge in [-0.1, -0.05) is 13.8 Å². The number of rotatable bonds is 3. The molecule has 1 atom stereocenters. The number of amides is 1. The molecule has 2 heterocycles. The maximum Gasteiger partial charge on any atom is 0.270 e. The summed E-state index contributed by atoms with van der Waals surface area (Å²) in [5.74, 6) is 0.462. The maximum absolute atomic E-state index is 12.0. The molecular formula is C21H21N3O4S. The SMILES string of the molecule is CC1=Cc2cc([N+](=O)[O-])ccc2OC12Sc1ccc(NC(=O)C(C)C)cc1N2C. The number of carbonyl (C=O) groups excluding carboxylic acids is 1. The highest BCUT2D eigenvalue weighted by Gasteiger charge is 2.49. The number of nitro benzene ring substituents is 1. The monoisotopic (exact) mass is 411 g/mol. The smallest absolute Gasteiger partial charge is 0.270 e. The Kier molecular flexibility index (Phi) is 4.53. The van der Waals surface area contributed by atoms with Gasteiger partial charge in [-0.15, -0.1) is 0 Å². The molecule has 150 valence electrons. The lowest BCUT2D eigenvalue weighted by molar-refractivity contribution is -0.384. The first-order valence-electron chi connectivity index (χ1n) is 9.25. The first-order chi connectivity index (χ1) is 13.7. The highest BCUT2D eigenvalue weighted by molar-refractivity contribution is 8.01. The molecule has 0 fully saturated rings. The standard InChI is InChI=1S/C21H21N3O4S/c1-12(2)20(25)22-15-5-8-19-17(11-15)23(4)21(29-19)13(3)9-14-10-16(24(26)27)6-7-18(14)28-21/h5-12H,1-4H3,(H,22,25). The van der Waals surface area contributed by atoms with E-state index in [4.69, 9.17) is 4.74 Å². The Balaban J connectivity index is 1.68. The van der Waals surface area contributed by atoms with Crippen LogP contribution in [0.2, 0.25) is 0 Å². The van der Waals surface area contributed by atoms with E-state index in [9.17, 15) is 14.9 Å². The predicted molar refractivity (Wildman–Crippen MR) is 114 cm³/mol. The Bertz CT molecular complexity index is 1070. The summed E-state index contributed by atoms with van der Waals surface area (Å²) in [6.07, 6.45) is 1.93. The number of fused-ring (bicyclic) bond motifs is 2. The summed E-state index contributed by atoms with van der Waals surface area (Å²) >= 11 is 1.57. The number of nitrogens with zero attached hydrogens (tertiary/aromatic N) is 2. The fraction of sp³-hybridized carbons (Fsp3) is 0.286. The van der Waals surface area contributed by atoms with Crippen LogP contribution in [0.1, 0.15) is 26.3 Å². The molecule has 1 amide bonds. The zero-order chi connectivity index (χ0) is 20.9. The van der Waals surface area contributed by atoms with E-state index in [1.54, 1.807) is 17.8 Å². The number of hydrogen-bond donors (Lipinski definition) is 1. The normalized spacial score (nSPS) is 19.5. The second-order valence-corrected chi connectivity index (χ2v) is 8.68. The first-order valence-corrected chi connectivity index (χ1v) is 10.1. The highest BCUT2D eigenvalue weighted by Crippen LogP contribution is 2.56. The minimum Gasteiger partial charge on any atom is -0.454 e. The van der Waals surface area contributed by atoms with Crippen LogP contribution in [0.3, 0.4) is 0 Å². The quantitative estimate of drug-likeness (QED) is 0.572. The van der Waals surface area contributed by atoms with Crippen molar-refractivity contribution < 1.29 is 14.5 Å². The first kappa shape index (κ1) is 19.3. The molecule has 8 heteroatoms. The Morgan fingerprint density at radius 3 is 2.72 bits per heavy atom. The molecule has 7 nitrogen and oxygen atoms in total. The topological polar surface area (TPSA) is 84.7 Å². The van der Waals surface area contributed by atoms with Gasteiger partial charge in [0.25, 0.3) is 10.7 Å². The Labute approximate surface area is 172 Å². The largest absolute Gasteiger partial charge is 0.454 e. The summed E-state index contributed by atoms with van der Waals surface area (Å²) in [6, 6.07) is 10.4. The number of thioether (sulfide) groups is 1. The summed E-state index contributed by atoms with van der Waals surface area (Å²) < 4.78 is 6.39. The summed E-state index contributed by atoms with van der Waals surface area (Å²) in [5.41, 5.74) is 3.35. The van der Waals surface area contributed by atoms with Crippen LogP contribution in [0.4, 0.5) is 17.1 Å². The minimum atomic E-state index is -0.772. The molecule has 1 N–H and O–H groups in total. The summed E-state index contributed by atoms with van der Waals surface area (Å²) in [5, 5.41) is 13.2. The van der Waals surface area contributed by atoms with Gasteiger partial charge < -0.3 is 15.0 Å². The molecule has 2 aromatic rings. The summed E-state index contributed by atoms with van der Waals surface area (Å²) in [6.45, 7) is 5.66. The predicted octanol–water partition coefficient (Wildman–Crippen LogP) is 4.88. The molecule has 0 saturated heterocycles. The van der Waals surface area contributed by atoms with Crippen LogP contribution in [0, 0.1) is 16.0 Å². The number of nitrogens with one attached hydrogen (secondary N) is 1. The average Bonchev–Trinajstić information content (AvgIpc) is 2.94. The Hall–Kier alpha value is -3.00. The van der Waals surface area contributed by atoms with Gasteiger partial charge >= 0.3 is 0 Å². The molecule has 2 aliphatic heterocycles. The van der Waals surface area contributed by atoms with E-state index in [-0.39, 0.29) is 17.5 Å². The third-order valence-electron chi connectivity index (χ3n) is 5.12. The van der Waals surface area contributed by atoms with Crippen LogP contribution in [0.25, 0.3) is 6.08 Å². The van der Waals surface area contributed by atoms with Crippen LogP contribution in [0.5, 0.6) is 5.75 Å². The third-order valence-corrected chi connectivity index (χ3v) is 6.65. The van der Waals surface area contributed by atoms with Crippen LogP contribution in [-0.2, 0) is 4.79 Å². The number of non-ortho nitro benzene ring substituents is 1. The molecule has 0 aliphatic carbocycles. The molecule has 1 spiro atoms. The van der Waals surface area contributed by atoms with Gasteiger partial charge in [-0.3, -0.25) is 14.9 Å². The number of likely N-dealkylation sites (N-methyl/N-ethyl adjacent to an activating group) is 1. The van der Waals surface area contributed by atoms with Crippen molar-refractivity contribution in [1.29, 1.82) is 0 Å². The Morgan fingerprint density at radius 1 is 1.28 bits per heavy atom. The summed E-state index contributed by atoms with van der Waals surface area (Å²) in [4.78, 5) is 25.8. The van der Waals surface area contributed by atoms with E-state index in [0.29, 0.717) is 11.3 Å². The molecule has 1 unspecified atom stereocenters. The lowest BCUT2D eigenvalue weighted by atomic mass is 10.0. The van der Waals surface area contributed by atoms with Gasteiger partial charge in [0.05, 0.1) is 10.6 Å². The van der Waals surface area contributed by atoms with Gasteiger partial charge in [-0.25, -0.2) is 0 Å². The zero-order valence-corrected chi connectivity index (χ0v) is 17.4. The third kappa shape index (κ3) is 3.13. The molecular weight excluding hydrogens is 390 g/mol. The molecule has 0 saturated carbocycles. The number of benzene rings is 2. The van der Waals surface area contributed by atoms with Crippen molar-refractivity contribution in [3.05, 3.63) is 57.6 Å². The van der Waals surface area contributed by atoms with Gasteiger partial charge in [0.2, 0.25) is 5.91 Å². The highest BCUT2D eigenvalue weighted by atomic mass is 32.2. The van der Waals surface area contributed by atoms with E-state index in [2.05, 4.69) is 5.32 Å². The molecule has 2 aromatic carbocycles. The van der Waals surface area contributed by atoms with Gasteiger partial charge in [-0.05, 0) is 49.0 Å². The van der Waals surface area contributed by atoms with E-state index in [1.807, 2.05) is 57.0 Å². The second kappa shape index (κ2) is 6.81. The van der Waals surface area contributed by atoms with Gasteiger partial charge in [-0.2, -0.15) is 0 Å². The van der Waals surface area contributed by atoms with E-state index in [1.165, 1.54) is 12.1 Å². The Morgan fingerprint density at radius 2 is 2.03 bits per heavy atom. The van der Waals surface area contributed by atoms with E-state index >= 15 is 0 Å². The van der Waals surface area contributed by atoms with E-state index < -0.39 is 9.98 Å². The van der Waals surface area contributed by atoms with Crippen LogP contribution >= 0.6 is 11.8 Å². The van der Waals surface area contributed by atoms with Crippen molar-refractivity contribution in [2.45, 2.75) is 30.7 Å². The van der Waals surface area contributed by atoms with Crippen LogP contribution < -0.4 is 15.0 Å². The molecule has 0 aromatic heterocycles. The number of anilines is 2. The molecule has 29 heavy (non-hydrogen) atoms.